The van der Waals surface area contributed by atoms with Crippen molar-refractivity contribution >= 4 is 29.0 Å². The van der Waals surface area contributed by atoms with Gasteiger partial charge in [0.25, 0.3) is 0 Å². The number of fused-ring (bicyclic) bond motifs is 1. The molecule has 68 valence electrons. The topological polar surface area (TPSA) is 24.9 Å². The summed E-state index contributed by atoms with van der Waals surface area (Å²) in [4.78, 5) is 4.25. The number of hydrogen-bond donors (Lipinski definition) is 1. The van der Waals surface area contributed by atoms with Crippen LogP contribution in [-0.4, -0.2) is 12.0 Å². The van der Waals surface area contributed by atoms with Gasteiger partial charge in [0.2, 0.25) is 0 Å². The fourth-order valence-electron chi connectivity index (χ4n) is 1.31. The number of benzene rings is 1. The van der Waals surface area contributed by atoms with Crippen molar-refractivity contribution in [1.82, 2.24) is 4.98 Å². The molecule has 1 heterocycles. The Morgan fingerprint density at radius 2 is 1.92 bits per heavy atom. The maximum absolute atomic E-state index is 4.25. The second kappa shape index (κ2) is 4.10. The lowest BCUT2D eigenvalue weighted by atomic mass is 10.2. The first-order valence-corrected chi connectivity index (χ1v) is 3.93. The molecular weight excluding hydrogens is 184 g/mol. The predicted molar refractivity (Wildman–Crippen MR) is 58.5 cm³/mol. The number of rotatable bonds is 1. The quantitative estimate of drug-likeness (QED) is 0.755. The second-order valence-electron chi connectivity index (χ2n) is 2.63. The molecule has 2 rings (SSSR count). The van der Waals surface area contributed by atoms with Crippen molar-refractivity contribution in [2.24, 2.45) is 0 Å². The van der Waals surface area contributed by atoms with Crippen LogP contribution < -0.4 is 5.32 Å². The Balaban J connectivity index is 0.000000845. The lowest BCUT2D eigenvalue weighted by molar-refractivity contribution is 1.40. The second-order valence-corrected chi connectivity index (χ2v) is 2.63. The molecule has 2 nitrogen and oxygen atoms in total. The van der Waals surface area contributed by atoms with Gasteiger partial charge in [-0.1, -0.05) is 18.2 Å². The minimum Gasteiger partial charge on any atom is -0.388 e. The molecule has 0 spiro atoms. The molecule has 1 aromatic heterocycles. The monoisotopic (exact) mass is 194 g/mol. The number of pyridine rings is 1. The van der Waals surface area contributed by atoms with Crippen molar-refractivity contribution in [2.75, 3.05) is 12.4 Å². The molecule has 0 aliphatic rings. The molecule has 0 atom stereocenters. The van der Waals surface area contributed by atoms with E-state index in [1.54, 1.807) is 0 Å². The summed E-state index contributed by atoms with van der Waals surface area (Å²) < 4.78 is 0. The molecule has 0 saturated carbocycles. The van der Waals surface area contributed by atoms with Gasteiger partial charge < -0.3 is 5.32 Å². The summed E-state index contributed by atoms with van der Waals surface area (Å²) in [5.74, 6) is 0. The van der Waals surface area contributed by atoms with E-state index < -0.39 is 0 Å². The number of aromatic nitrogens is 1. The Bertz CT molecular complexity index is 396. The lowest BCUT2D eigenvalue weighted by Crippen LogP contribution is -1.89. The Morgan fingerprint density at radius 3 is 2.69 bits per heavy atom. The van der Waals surface area contributed by atoms with Crippen molar-refractivity contribution in [3.63, 3.8) is 0 Å². The first kappa shape index (κ1) is 9.81. The van der Waals surface area contributed by atoms with Crippen molar-refractivity contribution in [3.05, 3.63) is 36.5 Å². The maximum Gasteiger partial charge on any atom is 0.0722 e. The van der Waals surface area contributed by atoms with Gasteiger partial charge in [-0.25, -0.2) is 0 Å². The van der Waals surface area contributed by atoms with Gasteiger partial charge in [0.05, 0.1) is 5.52 Å². The van der Waals surface area contributed by atoms with E-state index in [1.807, 2.05) is 37.5 Å². The summed E-state index contributed by atoms with van der Waals surface area (Å²) >= 11 is 0. The number of nitrogens with one attached hydrogen (secondary N) is 1. The van der Waals surface area contributed by atoms with Gasteiger partial charge in [0.1, 0.15) is 0 Å². The first-order chi connectivity index (χ1) is 5.92. The smallest absolute Gasteiger partial charge is 0.0722 e. The molecule has 0 bridgehead atoms. The summed E-state index contributed by atoms with van der Waals surface area (Å²) in [6.45, 7) is 0. The van der Waals surface area contributed by atoms with Crippen molar-refractivity contribution in [2.45, 2.75) is 0 Å². The fraction of sp³-hybridized carbons (Fsp3) is 0.100. The highest BCUT2D eigenvalue weighted by molar-refractivity contribution is 5.90. The average Bonchev–Trinajstić information content (AvgIpc) is 2.17. The highest BCUT2D eigenvalue weighted by Crippen LogP contribution is 2.19. The van der Waals surface area contributed by atoms with Crippen LogP contribution in [0.3, 0.4) is 0 Å². The first-order valence-electron chi connectivity index (χ1n) is 3.93. The molecule has 1 aromatic carbocycles. The Kier molecular flexibility index (Phi) is 3.09. The van der Waals surface area contributed by atoms with Crippen LogP contribution in [-0.2, 0) is 0 Å². The summed E-state index contributed by atoms with van der Waals surface area (Å²) in [7, 11) is 1.92. The van der Waals surface area contributed by atoms with E-state index in [4.69, 9.17) is 0 Å². The van der Waals surface area contributed by atoms with Crippen LogP contribution in [0.5, 0.6) is 0 Å². The van der Waals surface area contributed by atoms with Crippen LogP contribution in [0.4, 0.5) is 5.69 Å². The van der Waals surface area contributed by atoms with Crippen LogP contribution in [0.1, 0.15) is 0 Å². The van der Waals surface area contributed by atoms with Crippen molar-refractivity contribution in [3.8, 4) is 0 Å². The third kappa shape index (κ3) is 1.73. The molecule has 2 aromatic rings. The SMILES string of the molecule is CNc1ccnc2ccccc12.Cl. The van der Waals surface area contributed by atoms with Gasteiger partial charge in [0.15, 0.2) is 0 Å². The highest BCUT2D eigenvalue weighted by Gasteiger charge is 1.96. The summed E-state index contributed by atoms with van der Waals surface area (Å²) in [6.07, 6.45) is 1.81. The minimum atomic E-state index is 0. The Labute approximate surface area is 83.4 Å². The summed E-state index contributed by atoms with van der Waals surface area (Å²) in [5.41, 5.74) is 2.16. The predicted octanol–water partition coefficient (Wildman–Crippen LogP) is 2.70. The molecule has 0 aliphatic carbocycles. The fourth-order valence-corrected chi connectivity index (χ4v) is 1.31. The largest absolute Gasteiger partial charge is 0.388 e. The Morgan fingerprint density at radius 1 is 1.15 bits per heavy atom. The number of para-hydroxylation sites is 1. The molecule has 1 N–H and O–H groups in total. The third-order valence-electron chi connectivity index (χ3n) is 1.92. The standard InChI is InChI=1S/C10H10N2.ClH/c1-11-9-6-7-12-10-5-3-2-4-8(9)10;/h2-7H,1H3,(H,11,12);1H. The van der Waals surface area contributed by atoms with Gasteiger partial charge in [-0.05, 0) is 12.1 Å². The number of anilines is 1. The van der Waals surface area contributed by atoms with Gasteiger partial charge in [-0.3, -0.25) is 4.98 Å². The number of halogens is 1. The van der Waals surface area contributed by atoms with E-state index >= 15 is 0 Å². The molecule has 13 heavy (non-hydrogen) atoms. The molecule has 0 unspecified atom stereocenters. The van der Waals surface area contributed by atoms with Gasteiger partial charge in [-0.2, -0.15) is 0 Å². The zero-order chi connectivity index (χ0) is 8.39. The van der Waals surface area contributed by atoms with E-state index in [0.717, 1.165) is 11.2 Å². The maximum atomic E-state index is 4.25. The van der Waals surface area contributed by atoms with Gasteiger partial charge in [0, 0.05) is 24.3 Å². The van der Waals surface area contributed by atoms with E-state index in [0.29, 0.717) is 0 Å². The molecular formula is C10H11ClN2. The number of hydrogen-bond acceptors (Lipinski definition) is 2. The summed E-state index contributed by atoms with van der Waals surface area (Å²) in [5, 5.41) is 4.30. The summed E-state index contributed by atoms with van der Waals surface area (Å²) in [6, 6.07) is 10.1. The lowest BCUT2D eigenvalue weighted by Gasteiger charge is -2.03. The van der Waals surface area contributed by atoms with E-state index in [1.165, 1.54) is 5.39 Å². The third-order valence-corrected chi connectivity index (χ3v) is 1.92. The zero-order valence-electron chi connectivity index (χ0n) is 7.32. The van der Waals surface area contributed by atoms with E-state index in [-0.39, 0.29) is 12.4 Å². The van der Waals surface area contributed by atoms with Gasteiger partial charge in [-0.15, -0.1) is 12.4 Å². The van der Waals surface area contributed by atoms with Crippen LogP contribution >= 0.6 is 12.4 Å². The van der Waals surface area contributed by atoms with E-state index in [2.05, 4.69) is 16.4 Å². The molecule has 0 saturated heterocycles. The zero-order valence-corrected chi connectivity index (χ0v) is 8.14. The van der Waals surface area contributed by atoms with Crippen LogP contribution in [0.25, 0.3) is 10.9 Å². The van der Waals surface area contributed by atoms with Crippen LogP contribution in [0.15, 0.2) is 36.5 Å². The average molecular weight is 195 g/mol. The van der Waals surface area contributed by atoms with Crippen molar-refractivity contribution < 1.29 is 0 Å². The molecule has 0 aliphatic heterocycles. The van der Waals surface area contributed by atoms with Crippen LogP contribution in [0.2, 0.25) is 0 Å². The molecule has 3 heteroatoms. The normalized spacial score (nSPS) is 9.31. The van der Waals surface area contributed by atoms with Gasteiger partial charge >= 0.3 is 0 Å². The minimum absolute atomic E-state index is 0. The van der Waals surface area contributed by atoms with Crippen molar-refractivity contribution in [1.29, 1.82) is 0 Å². The molecule has 0 amide bonds. The Hall–Kier alpha value is -1.28. The highest BCUT2D eigenvalue weighted by atomic mass is 35.5. The van der Waals surface area contributed by atoms with E-state index in [9.17, 15) is 0 Å². The number of nitrogens with zero attached hydrogens (tertiary/aromatic N) is 1. The molecule has 0 radical (unpaired) electrons. The van der Waals surface area contributed by atoms with Crippen LogP contribution in [0, 0.1) is 0 Å². The molecule has 0 fully saturated rings.